The maximum Gasteiger partial charge on any atom is 0.217 e. The van der Waals surface area contributed by atoms with Crippen molar-refractivity contribution < 1.29 is 8.42 Å². The molecule has 1 heterocycles. The Bertz CT molecular complexity index is 375. The third-order valence-electron chi connectivity index (χ3n) is 1.44. The molecule has 0 saturated heterocycles. The lowest BCUT2D eigenvalue weighted by Crippen LogP contribution is -2.39. The zero-order chi connectivity index (χ0) is 10.6. The summed E-state index contributed by atoms with van der Waals surface area (Å²) in [4.78, 5) is 3.82. The molecule has 3 N–H and O–H groups in total. The lowest BCUT2D eigenvalue weighted by atomic mass is 10.3. The smallest absolute Gasteiger partial charge is 0.217 e. The first kappa shape index (κ1) is 11.1. The molecule has 0 aromatic carbocycles. The Labute approximate surface area is 83.4 Å². The number of nitrogens with zero attached hydrogens (tertiary/aromatic N) is 1. The van der Waals surface area contributed by atoms with Crippen LogP contribution in [-0.2, 0) is 15.8 Å². The van der Waals surface area contributed by atoms with Crippen molar-refractivity contribution in [3.63, 3.8) is 0 Å². The van der Waals surface area contributed by atoms with Crippen LogP contribution in [0.3, 0.4) is 0 Å². The summed E-state index contributed by atoms with van der Waals surface area (Å²) in [5, 5.41) is 0. The highest BCUT2D eigenvalue weighted by atomic mass is 32.2. The molecule has 1 rings (SSSR count). The zero-order valence-electron chi connectivity index (χ0n) is 7.84. The predicted octanol–water partition coefficient (Wildman–Crippen LogP) is -0.194. The monoisotopic (exact) mass is 215 g/mol. The Morgan fingerprint density at radius 2 is 2.36 bits per heavy atom. The summed E-state index contributed by atoms with van der Waals surface area (Å²) in [6.07, 6.45) is 2.53. The van der Waals surface area contributed by atoms with E-state index in [1.54, 1.807) is 25.3 Å². The van der Waals surface area contributed by atoms with Crippen LogP contribution in [0, 0.1) is 0 Å². The first-order chi connectivity index (χ1) is 6.49. The molecule has 1 atom stereocenters. The lowest BCUT2D eigenvalue weighted by molar-refractivity contribution is 0.564. The summed E-state index contributed by atoms with van der Waals surface area (Å²) < 4.78 is 25.1. The normalized spacial score (nSPS) is 13.9. The summed E-state index contributed by atoms with van der Waals surface area (Å²) in [6, 6.07) is 3.39. The Morgan fingerprint density at radius 3 is 2.86 bits per heavy atom. The van der Waals surface area contributed by atoms with Gasteiger partial charge in [0, 0.05) is 12.4 Å². The van der Waals surface area contributed by atoms with E-state index in [-0.39, 0.29) is 5.75 Å². The molecule has 0 amide bonds. The SMILES string of the molecule is CC(N)NS(=O)(=O)Cc1cccnc1. The van der Waals surface area contributed by atoms with E-state index in [9.17, 15) is 8.42 Å². The van der Waals surface area contributed by atoms with Crippen molar-refractivity contribution in [3.8, 4) is 0 Å². The first-order valence-electron chi connectivity index (χ1n) is 4.14. The van der Waals surface area contributed by atoms with Gasteiger partial charge in [-0.15, -0.1) is 0 Å². The molecule has 0 spiro atoms. The van der Waals surface area contributed by atoms with Gasteiger partial charge in [0.1, 0.15) is 0 Å². The third-order valence-corrected chi connectivity index (χ3v) is 2.89. The summed E-state index contributed by atoms with van der Waals surface area (Å²) in [5.41, 5.74) is 5.97. The van der Waals surface area contributed by atoms with Crippen molar-refractivity contribution >= 4 is 10.0 Å². The minimum absolute atomic E-state index is 0.0949. The fraction of sp³-hybridized carbons (Fsp3) is 0.375. The van der Waals surface area contributed by atoms with Crippen LogP contribution in [0.25, 0.3) is 0 Å². The van der Waals surface area contributed by atoms with Gasteiger partial charge in [-0.05, 0) is 18.6 Å². The number of aromatic nitrogens is 1. The van der Waals surface area contributed by atoms with Crippen molar-refractivity contribution in [1.29, 1.82) is 0 Å². The fourth-order valence-corrected chi connectivity index (χ4v) is 2.29. The van der Waals surface area contributed by atoms with Crippen molar-refractivity contribution in [3.05, 3.63) is 30.1 Å². The number of hydrogen-bond acceptors (Lipinski definition) is 4. The molecule has 0 aliphatic heterocycles. The van der Waals surface area contributed by atoms with Gasteiger partial charge in [-0.3, -0.25) is 4.98 Å². The molecule has 0 aliphatic rings. The number of pyridine rings is 1. The number of nitrogens with one attached hydrogen (secondary N) is 1. The molecule has 1 aromatic rings. The van der Waals surface area contributed by atoms with Gasteiger partial charge in [-0.1, -0.05) is 6.07 Å². The van der Waals surface area contributed by atoms with Gasteiger partial charge in [0.2, 0.25) is 10.0 Å². The molecule has 5 nitrogen and oxygen atoms in total. The molecule has 14 heavy (non-hydrogen) atoms. The van der Waals surface area contributed by atoms with E-state index >= 15 is 0 Å². The number of hydrogen-bond donors (Lipinski definition) is 2. The van der Waals surface area contributed by atoms with E-state index in [0.29, 0.717) is 5.56 Å². The van der Waals surface area contributed by atoms with E-state index in [1.807, 2.05) is 0 Å². The second-order valence-corrected chi connectivity index (χ2v) is 4.78. The summed E-state index contributed by atoms with van der Waals surface area (Å²) in [7, 11) is -3.35. The molecule has 6 heteroatoms. The Morgan fingerprint density at radius 1 is 1.64 bits per heavy atom. The highest BCUT2D eigenvalue weighted by molar-refractivity contribution is 7.88. The average molecular weight is 215 g/mol. The third kappa shape index (κ3) is 3.82. The van der Waals surface area contributed by atoms with Gasteiger partial charge < -0.3 is 5.73 Å². The maximum atomic E-state index is 11.4. The van der Waals surface area contributed by atoms with Gasteiger partial charge in [-0.2, -0.15) is 4.72 Å². The molecular formula is C8H13N3O2S. The zero-order valence-corrected chi connectivity index (χ0v) is 8.66. The summed E-state index contributed by atoms with van der Waals surface area (Å²) in [5.74, 6) is -0.0949. The van der Waals surface area contributed by atoms with E-state index in [1.165, 1.54) is 6.20 Å². The van der Waals surface area contributed by atoms with Crippen LogP contribution in [0.4, 0.5) is 0 Å². The van der Waals surface area contributed by atoms with Crippen LogP contribution in [0.15, 0.2) is 24.5 Å². The molecule has 1 unspecified atom stereocenters. The predicted molar refractivity (Wildman–Crippen MR) is 53.6 cm³/mol. The molecule has 0 aliphatic carbocycles. The molecule has 0 saturated carbocycles. The molecule has 78 valence electrons. The van der Waals surface area contributed by atoms with E-state index in [0.717, 1.165) is 0 Å². The van der Waals surface area contributed by atoms with Crippen molar-refractivity contribution in [2.24, 2.45) is 5.73 Å². The van der Waals surface area contributed by atoms with Crippen molar-refractivity contribution in [2.75, 3.05) is 0 Å². The van der Waals surface area contributed by atoms with Crippen LogP contribution < -0.4 is 10.5 Å². The topological polar surface area (TPSA) is 85.1 Å². The largest absolute Gasteiger partial charge is 0.315 e. The standard InChI is InChI=1S/C8H13N3O2S/c1-7(9)11-14(12,13)6-8-3-2-4-10-5-8/h2-5,7,11H,6,9H2,1H3. The van der Waals surface area contributed by atoms with Crippen LogP contribution in [0.2, 0.25) is 0 Å². The van der Waals surface area contributed by atoms with Gasteiger partial charge >= 0.3 is 0 Å². The molecule has 0 radical (unpaired) electrons. The quantitative estimate of drug-likeness (QED) is 0.681. The second kappa shape index (κ2) is 4.50. The molecule has 0 bridgehead atoms. The minimum atomic E-state index is -3.35. The van der Waals surface area contributed by atoms with Gasteiger partial charge in [0.15, 0.2) is 0 Å². The van der Waals surface area contributed by atoms with Crippen LogP contribution in [0.1, 0.15) is 12.5 Å². The van der Waals surface area contributed by atoms with Crippen LogP contribution >= 0.6 is 0 Å². The van der Waals surface area contributed by atoms with E-state index in [4.69, 9.17) is 5.73 Å². The summed E-state index contributed by atoms with van der Waals surface area (Å²) in [6.45, 7) is 1.57. The van der Waals surface area contributed by atoms with Gasteiger partial charge in [-0.25, -0.2) is 8.42 Å². The van der Waals surface area contributed by atoms with Crippen LogP contribution in [-0.4, -0.2) is 19.6 Å². The average Bonchev–Trinajstić information content (AvgIpc) is 2.02. The first-order valence-corrected chi connectivity index (χ1v) is 5.79. The molecule has 1 aromatic heterocycles. The molecule has 0 fully saturated rings. The second-order valence-electron chi connectivity index (χ2n) is 3.03. The Hall–Kier alpha value is -0.980. The van der Waals surface area contributed by atoms with Gasteiger partial charge in [0.25, 0.3) is 0 Å². The van der Waals surface area contributed by atoms with E-state index < -0.39 is 16.2 Å². The Balaban J connectivity index is 2.70. The number of rotatable bonds is 4. The minimum Gasteiger partial charge on any atom is -0.315 e. The fourth-order valence-electron chi connectivity index (χ4n) is 1.03. The highest BCUT2D eigenvalue weighted by Gasteiger charge is 2.12. The van der Waals surface area contributed by atoms with Crippen molar-refractivity contribution in [1.82, 2.24) is 9.71 Å². The van der Waals surface area contributed by atoms with Crippen LogP contribution in [0.5, 0.6) is 0 Å². The van der Waals surface area contributed by atoms with E-state index in [2.05, 4.69) is 9.71 Å². The maximum absolute atomic E-state index is 11.4. The molecular weight excluding hydrogens is 202 g/mol. The summed E-state index contributed by atoms with van der Waals surface area (Å²) >= 11 is 0. The lowest BCUT2D eigenvalue weighted by Gasteiger charge is -2.08. The van der Waals surface area contributed by atoms with Gasteiger partial charge in [0.05, 0.1) is 11.9 Å². The van der Waals surface area contributed by atoms with Crippen molar-refractivity contribution in [2.45, 2.75) is 18.8 Å². The highest BCUT2D eigenvalue weighted by Crippen LogP contribution is 2.01. The number of sulfonamides is 1. The number of nitrogens with two attached hydrogens (primary N) is 1. The Kier molecular flexibility index (Phi) is 3.56.